The van der Waals surface area contributed by atoms with Gasteiger partial charge in [-0.25, -0.2) is 0 Å². The van der Waals surface area contributed by atoms with E-state index in [4.69, 9.17) is 13.3 Å². The molecule has 1 aromatic carbocycles. The second-order valence-electron chi connectivity index (χ2n) is 6.71. The molecule has 0 atom stereocenters. The molecule has 126 valence electrons. The molecule has 0 bridgehead atoms. The van der Waals surface area contributed by atoms with Crippen molar-refractivity contribution in [3.63, 3.8) is 0 Å². The molecule has 1 rings (SSSR count). The van der Waals surface area contributed by atoms with Crippen LogP contribution in [-0.4, -0.2) is 30.1 Å². The van der Waals surface area contributed by atoms with Crippen molar-refractivity contribution in [2.75, 3.05) is 21.3 Å². The summed E-state index contributed by atoms with van der Waals surface area (Å²) in [5, 5.41) is 1.15. The number of benzene rings is 1. The third-order valence-electron chi connectivity index (χ3n) is 4.24. The van der Waals surface area contributed by atoms with Gasteiger partial charge in [-0.2, -0.15) is 0 Å². The molecule has 0 saturated carbocycles. The van der Waals surface area contributed by atoms with Crippen molar-refractivity contribution in [1.82, 2.24) is 0 Å². The number of hydrogen-bond acceptors (Lipinski definition) is 3. The van der Waals surface area contributed by atoms with Crippen molar-refractivity contribution < 1.29 is 13.3 Å². The van der Waals surface area contributed by atoms with Crippen molar-refractivity contribution in [3.05, 3.63) is 28.8 Å². The molecule has 0 aliphatic heterocycles. The van der Waals surface area contributed by atoms with Crippen LogP contribution in [0.5, 0.6) is 0 Å². The van der Waals surface area contributed by atoms with Gasteiger partial charge in [0.15, 0.2) is 0 Å². The molecule has 0 unspecified atom stereocenters. The summed E-state index contributed by atoms with van der Waals surface area (Å²) in [6.45, 7) is 13.3. The first-order chi connectivity index (χ1) is 10.2. The first-order valence-electron chi connectivity index (χ1n) is 8.07. The third kappa shape index (κ3) is 3.62. The lowest BCUT2D eigenvalue weighted by molar-refractivity contribution is 0.140. The number of rotatable bonds is 7. The Bertz CT molecular complexity index is 454. The standard InChI is InChI=1S/C18H32O3Si/c1-12(2)15-10-16(13(3)4)18(17(11-15)14(5)6)22(19-7,20-8)21-9/h10-14H,1-9H3. The molecule has 0 heterocycles. The van der Waals surface area contributed by atoms with Crippen LogP contribution in [0.1, 0.15) is 76.0 Å². The zero-order valence-corrected chi connectivity index (χ0v) is 16.6. The smallest absolute Gasteiger partial charge is 0.373 e. The highest BCUT2D eigenvalue weighted by molar-refractivity contribution is 6.76. The summed E-state index contributed by atoms with van der Waals surface area (Å²) in [6.07, 6.45) is 0. The second kappa shape index (κ2) is 7.73. The molecule has 3 nitrogen and oxygen atoms in total. The van der Waals surface area contributed by atoms with Gasteiger partial charge < -0.3 is 13.3 Å². The molecule has 22 heavy (non-hydrogen) atoms. The topological polar surface area (TPSA) is 27.7 Å². The monoisotopic (exact) mass is 324 g/mol. The Morgan fingerprint density at radius 1 is 0.682 bits per heavy atom. The quantitative estimate of drug-likeness (QED) is 0.705. The van der Waals surface area contributed by atoms with Crippen LogP contribution >= 0.6 is 0 Å². The fourth-order valence-electron chi connectivity index (χ4n) is 2.87. The van der Waals surface area contributed by atoms with Crippen LogP contribution in [-0.2, 0) is 13.3 Å². The van der Waals surface area contributed by atoms with Crippen molar-refractivity contribution in [3.8, 4) is 0 Å². The zero-order valence-electron chi connectivity index (χ0n) is 15.6. The van der Waals surface area contributed by atoms with Gasteiger partial charge in [-0.1, -0.05) is 53.7 Å². The molecule has 0 radical (unpaired) electrons. The highest BCUT2D eigenvalue weighted by Crippen LogP contribution is 2.29. The van der Waals surface area contributed by atoms with E-state index in [9.17, 15) is 0 Å². The Kier molecular flexibility index (Phi) is 6.80. The Hall–Kier alpha value is -0.683. The van der Waals surface area contributed by atoms with E-state index in [1.54, 1.807) is 21.3 Å². The first-order valence-corrected chi connectivity index (χ1v) is 9.80. The molecule has 0 amide bonds. The van der Waals surface area contributed by atoms with E-state index in [0.717, 1.165) is 5.19 Å². The van der Waals surface area contributed by atoms with Gasteiger partial charge in [0.25, 0.3) is 0 Å². The lowest BCUT2D eigenvalue weighted by Gasteiger charge is -2.32. The van der Waals surface area contributed by atoms with Crippen LogP contribution in [0.4, 0.5) is 0 Å². The molecule has 4 heteroatoms. The molecule has 0 aliphatic carbocycles. The average molecular weight is 325 g/mol. The summed E-state index contributed by atoms with van der Waals surface area (Å²) in [5.74, 6) is 1.27. The lowest BCUT2D eigenvalue weighted by Crippen LogP contribution is -2.57. The Morgan fingerprint density at radius 2 is 1.05 bits per heavy atom. The van der Waals surface area contributed by atoms with Crippen molar-refractivity contribution in [1.29, 1.82) is 0 Å². The van der Waals surface area contributed by atoms with Gasteiger partial charge in [-0.05, 0) is 34.4 Å². The predicted octanol–water partition coefficient (Wildman–Crippen LogP) is 4.14. The maximum atomic E-state index is 5.80. The van der Waals surface area contributed by atoms with E-state index < -0.39 is 8.80 Å². The van der Waals surface area contributed by atoms with E-state index in [-0.39, 0.29) is 0 Å². The first kappa shape index (κ1) is 19.4. The van der Waals surface area contributed by atoms with Crippen molar-refractivity contribution >= 4 is 14.0 Å². The van der Waals surface area contributed by atoms with Crippen LogP contribution in [0, 0.1) is 0 Å². The normalized spacial score (nSPS) is 12.7. The van der Waals surface area contributed by atoms with Crippen molar-refractivity contribution in [2.24, 2.45) is 0 Å². The van der Waals surface area contributed by atoms with Gasteiger partial charge >= 0.3 is 8.80 Å². The van der Waals surface area contributed by atoms with Crippen LogP contribution in [0.2, 0.25) is 0 Å². The van der Waals surface area contributed by atoms with E-state index in [1.165, 1.54) is 16.7 Å². The summed E-state index contributed by atoms with van der Waals surface area (Å²) in [6, 6.07) is 4.60. The van der Waals surface area contributed by atoms with Gasteiger partial charge in [-0.3, -0.25) is 0 Å². The highest BCUT2D eigenvalue weighted by atomic mass is 28.4. The minimum absolute atomic E-state index is 0.388. The number of hydrogen-bond donors (Lipinski definition) is 0. The van der Waals surface area contributed by atoms with Gasteiger partial charge in [0.2, 0.25) is 0 Å². The summed E-state index contributed by atoms with van der Waals surface area (Å²) in [7, 11) is 2.19. The molecule has 1 aromatic rings. The highest BCUT2D eigenvalue weighted by Gasteiger charge is 2.45. The molecule has 0 saturated heterocycles. The molecule has 0 fully saturated rings. The molecule has 0 aliphatic rings. The maximum absolute atomic E-state index is 5.80. The van der Waals surface area contributed by atoms with Gasteiger partial charge in [0, 0.05) is 26.5 Å². The molecule has 0 spiro atoms. The van der Waals surface area contributed by atoms with E-state index in [1.807, 2.05) is 0 Å². The van der Waals surface area contributed by atoms with Gasteiger partial charge in [-0.15, -0.1) is 0 Å². The zero-order chi connectivity index (χ0) is 17.1. The summed E-state index contributed by atoms with van der Waals surface area (Å²) < 4.78 is 17.4. The minimum Gasteiger partial charge on any atom is -0.373 e. The predicted molar refractivity (Wildman–Crippen MR) is 95.1 cm³/mol. The fourth-order valence-corrected chi connectivity index (χ4v) is 5.41. The summed E-state index contributed by atoms with van der Waals surface area (Å²) >= 11 is 0. The maximum Gasteiger partial charge on any atom is 0.536 e. The van der Waals surface area contributed by atoms with Crippen LogP contribution < -0.4 is 5.19 Å². The van der Waals surface area contributed by atoms with Crippen LogP contribution in [0.15, 0.2) is 12.1 Å². The largest absolute Gasteiger partial charge is 0.536 e. The fraction of sp³-hybridized carbons (Fsp3) is 0.667. The summed E-state index contributed by atoms with van der Waals surface area (Å²) in [4.78, 5) is 0. The van der Waals surface area contributed by atoms with Crippen LogP contribution in [0.25, 0.3) is 0 Å². The van der Waals surface area contributed by atoms with E-state index in [2.05, 4.69) is 53.7 Å². The Balaban J connectivity index is 3.79. The van der Waals surface area contributed by atoms with Crippen LogP contribution in [0.3, 0.4) is 0 Å². The minimum atomic E-state index is -2.87. The molecule has 0 aromatic heterocycles. The van der Waals surface area contributed by atoms with Gasteiger partial charge in [0.1, 0.15) is 0 Å². The van der Waals surface area contributed by atoms with E-state index in [0.29, 0.717) is 17.8 Å². The molecular formula is C18H32O3Si. The van der Waals surface area contributed by atoms with E-state index >= 15 is 0 Å². The second-order valence-corrected chi connectivity index (χ2v) is 9.54. The third-order valence-corrected chi connectivity index (χ3v) is 7.05. The van der Waals surface area contributed by atoms with Gasteiger partial charge in [0.05, 0.1) is 0 Å². The lowest BCUT2D eigenvalue weighted by atomic mass is 9.89. The average Bonchev–Trinajstić information content (AvgIpc) is 2.48. The Labute approximate surface area is 137 Å². The molecule has 0 N–H and O–H groups in total. The Morgan fingerprint density at radius 3 is 1.27 bits per heavy atom. The van der Waals surface area contributed by atoms with Crippen molar-refractivity contribution in [2.45, 2.75) is 59.3 Å². The molecular weight excluding hydrogens is 292 g/mol. The summed E-state index contributed by atoms with van der Waals surface area (Å²) in [5.41, 5.74) is 3.93. The SMILES string of the molecule is CO[Si](OC)(OC)c1c(C(C)C)cc(C(C)C)cc1C(C)C.